The molecule has 2 aliphatic heterocycles. The van der Waals surface area contributed by atoms with Gasteiger partial charge in [-0.15, -0.1) is 0 Å². The molecule has 4 rings (SSSR count). The molecule has 1 N–H and O–H groups in total. The van der Waals surface area contributed by atoms with Crippen molar-refractivity contribution in [3.63, 3.8) is 0 Å². The lowest BCUT2D eigenvalue weighted by molar-refractivity contribution is -0.134. The second kappa shape index (κ2) is 8.51. The Morgan fingerprint density at radius 2 is 1.97 bits per heavy atom. The van der Waals surface area contributed by atoms with Gasteiger partial charge in [-0.1, -0.05) is 12.1 Å². The third-order valence-corrected chi connectivity index (χ3v) is 7.18. The molecule has 166 valence electrons. The van der Waals surface area contributed by atoms with Crippen molar-refractivity contribution in [3.8, 4) is 0 Å². The zero-order valence-electron chi connectivity index (χ0n) is 17.3. The summed E-state index contributed by atoms with van der Waals surface area (Å²) in [6.07, 6.45) is 3.98. The van der Waals surface area contributed by atoms with Crippen molar-refractivity contribution < 1.29 is 17.6 Å². The van der Waals surface area contributed by atoms with Gasteiger partial charge in [0.2, 0.25) is 15.9 Å². The van der Waals surface area contributed by atoms with E-state index in [9.17, 15) is 22.4 Å². The van der Waals surface area contributed by atoms with E-state index < -0.39 is 10.0 Å². The molecule has 1 aromatic carbocycles. The lowest BCUT2D eigenvalue weighted by Crippen LogP contribution is -2.42. The topological polar surface area (TPSA) is 103 Å². The summed E-state index contributed by atoms with van der Waals surface area (Å²) in [5.41, 5.74) is 1.40. The summed E-state index contributed by atoms with van der Waals surface area (Å²) in [5.74, 6) is -0.0771. The number of H-pyrrole nitrogens is 1. The third kappa shape index (κ3) is 4.69. The molecule has 1 amide bonds. The molecule has 0 spiro atoms. The minimum Gasteiger partial charge on any atom is -0.332 e. The highest BCUT2D eigenvalue weighted by Crippen LogP contribution is 2.30. The molecule has 1 aromatic heterocycles. The van der Waals surface area contributed by atoms with E-state index in [4.69, 9.17) is 0 Å². The van der Waals surface area contributed by atoms with Gasteiger partial charge in [0.05, 0.1) is 31.0 Å². The molecule has 10 heteroatoms. The summed E-state index contributed by atoms with van der Waals surface area (Å²) in [7, 11) is -3.39. The summed E-state index contributed by atoms with van der Waals surface area (Å²) in [4.78, 5) is 34.9. The highest BCUT2D eigenvalue weighted by atomic mass is 32.2. The van der Waals surface area contributed by atoms with E-state index in [1.54, 1.807) is 17.0 Å². The first kappa shape index (κ1) is 21.6. The van der Waals surface area contributed by atoms with Crippen LogP contribution in [0.4, 0.5) is 4.39 Å². The number of likely N-dealkylation sites (tertiary alicyclic amines) is 1. The van der Waals surface area contributed by atoms with Crippen molar-refractivity contribution in [2.24, 2.45) is 0 Å². The number of hydrogen-bond acceptors (Lipinski definition) is 5. The molecular formula is C21H25FN4O4S. The number of fused-ring (bicyclic) bond motifs is 1. The van der Waals surface area contributed by atoms with Gasteiger partial charge in [0.15, 0.2) is 0 Å². The molecule has 1 saturated heterocycles. The maximum Gasteiger partial charge on any atom is 0.254 e. The van der Waals surface area contributed by atoms with Crippen LogP contribution in [0.2, 0.25) is 0 Å². The van der Waals surface area contributed by atoms with Crippen LogP contribution in [0.3, 0.4) is 0 Å². The molecule has 1 fully saturated rings. The molecule has 0 aliphatic carbocycles. The van der Waals surface area contributed by atoms with E-state index in [0.29, 0.717) is 42.0 Å². The number of benzene rings is 1. The van der Waals surface area contributed by atoms with Crippen molar-refractivity contribution in [1.29, 1.82) is 0 Å². The number of amides is 1. The fraction of sp³-hybridized carbons (Fsp3) is 0.476. The number of aromatic amines is 1. The minimum atomic E-state index is -3.39. The van der Waals surface area contributed by atoms with E-state index in [1.165, 1.54) is 16.4 Å². The summed E-state index contributed by atoms with van der Waals surface area (Å²) < 4.78 is 38.3. The molecule has 0 radical (unpaired) electrons. The van der Waals surface area contributed by atoms with Crippen molar-refractivity contribution in [3.05, 3.63) is 63.1 Å². The Labute approximate surface area is 180 Å². The second-order valence-electron chi connectivity index (χ2n) is 8.12. The van der Waals surface area contributed by atoms with Crippen LogP contribution in [0.5, 0.6) is 0 Å². The van der Waals surface area contributed by atoms with Crippen LogP contribution >= 0.6 is 0 Å². The lowest BCUT2D eigenvalue weighted by atomic mass is 9.99. The lowest BCUT2D eigenvalue weighted by Gasteiger charge is -2.36. The number of nitrogens with zero attached hydrogens (tertiary/aromatic N) is 3. The average molecular weight is 449 g/mol. The van der Waals surface area contributed by atoms with Gasteiger partial charge in [-0.2, -0.15) is 4.31 Å². The smallest absolute Gasteiger partial charge is 0.254 e. The summed E-state index contributed by atoms with van der Waals surface area (Å²) >= 11 is 0. The van der Waals surface area contributed by atoms with E-state index in [2.05, 4.69) is 9.97 Å². The highest BCUT2D eigenvalue weighted by molar-refractivity contribution is 7.88. The molecule has 8 nitrogen and oxygen atoms in total. The number of aromatic nitrogens is 2. The van der Waals surface area contributed by atoms with Gasteiger partial charge in [0.1, 0.15) is 11.6 Å². The van der Waals surface area contributed by atoms with Crippen LogP contribution in [0.1, 0.15) is 47.9 Å². The fourth-order valence-electron chi connectivity index (χ4n) is 4.27. The Morgan fingerprint density at radius 3 is 2.68 bits per heavy atom. The van der Waals surface area contributed by atoms with Crippen molar-refractivity contribution in [2.75, 3.05) is 19.3 Å². The first-order valence-electron chi connectivity index (χ1n) is 10.3. The van der Waals surface area contributed by atoms with Crippen molar-refractivity contribution >= 4 is 15.9 Å². The van der Waals surface area contributed by atoms with Gasteiger partial charge in [0, 0.05) is 18.7 Å². The van der Waals surface area contributed by atoms with Crippen molar-refractivity contribution in [2.45, 2.75) is 44.7 Å². The average Bonchev–Trinajstić information content (AvgIpc) is 2.74. The van der Waals surface area contributed by atoms with E-state index in [0.717, 1.165) is 19.1 Å². The van der Waals surface area contributed by atoms with Crippen LogP contribution in [-0.2, 0) is 34.2 Å². The zero-order chi connectivity index (χ0) is 22.2. The largest absolute Gasteiger partial charge is 0.332 e. The Morgan fingerprint density at radius 1 is 1.23 bits per heavy atom. The summed E-state index contributed by atoms with van der Waals surface area (Å²) in [6, 6.07) is 5.45. The maximum absolute atomic E-state index is 13.2. The molecule has 2 aromatic rings. The van der Waals surface area contributed by atoms with Crippen LogP contribution in [0, 0.1) is 5.82 Å². The van der Waals surface area contributed by atoms with Crippen molar-refractivity contribution in [1.82, 2.24) is 19.2 Å². The predicted octanol–water partition coefficient (Wildman–Crippen LogP) is 1.52. The first-order valence-corrected chi connectivity index (χ1v) is 12.2. The monoisotopic (exact) mass is 448 g/mol. The van der Waals surface area contributed by atoms with Gasteiger partial charge in [-0.25, -0.2) is 17.8 Å². The fourth-order valence-corrected chi connectivity index (χ4v) is 5.05. The van der Waals surface area contributed by atoms with Gasteiger partial charge in [0.25, 0.3) is 5.56 Å². The molecule has 31 heavy (non-hydrogen) atoms. The van der Waals surface area contributed by atoms with Gasteiger partial charge in [-0.05, 0) is 43.4 Å². The zero-order valence-corrected chi connectivity index (χ0v) is 18.1. The number of hydrogen-bond donors (Lipinski definition) is 1. The number of halogens is 1. The minimum absolute atomic E-state index is 0.0569. The Kier molecular flexibility index (Phi) is 5.94. The van der Waals surface area contributed by atoms with Crippen LogP contribution in [-0.4, -0.2) is 52.8 Å². The number of nitrogens with one attached hydrogen (secondary N) is 1. The molecule has 2 aliphatic rings. The Hall–Kier alpha value is -2.59. The van der Waals surface area contributed by atoms with Crippen LogP contribution in [0.15, 0.2) is 29.1 Å². The van der Waals surface area contributed by atoms with Gasteiger partial charge in [-0.3, -0.25) is 9.59 Å². The number of carbonyl (C=O) groups is 1. The number of carbonyl (C=O) groups excluding carboxylic acids is 1. The highest BCUT2D eigenvalue weighted by Gasteiger charge is 2.32. The molecule has 0 saturated carbocycles. The molecular weight excluding hydrogens is 423 g/mol. The predicted molar refractivity (Wildman–Crippen MR) is 112 cm³/mol. The van der Waals surface area contributed by atoms with Crippen LogP contribution < -0.4 is 5.56 Å². The molecule has 1 atom stereocenters. The number of piperidine rings is 1. The Bertz CT molecular complexity index is 1150. The number of sulfonamides is 1. The summed E-state index contributed by atoms with van der Waals surface area (Å²) in [6.45, 7) is 0.851. The molecule has 3 heterocycles. The van der Waals surface area contributed by atoms with E-state index in [1.807, 2.05) is 0 Å². The maximum atomic E-state index is 13.2. The number of rotatable bonds is 4. The second-order valence-corrected chi connectivity index (χ2v) is 10.1. The van der Waals surface area contributed by atoms with Gasteiger partial charge < -0.3 is 9.88 Å². The third-order valence-electron chi connectivity index (χ3n) is 5.93. The standard InChI is InChI=1S/C21H25FN4O4S/c1-31(29,30)25-11-9-16-17(13-25)23-20(24-21(16)28)18-4-2-3-10-26(18)19(27)12-14-5-7-15(22)8-6-14/h5-8,18H,2-4,9-13H2,1H3,(H,23,24,28)/t18-/m0/s1. The van der Waals surface area contributed by atoms with E-state index >= 15 is 0 Å². The SMILES string of the molecule is CS(=O)(=O)N1CCc2c(nc([C@@H]3CCCCN3C(=O)Cc3ccc(F)cc3)[nH]c2=O)C1. The quantitative estimate of drug-likeness (QED) is 0.764. The van der Waals surface area contributed by atoms with Crippen LogP contribution in [0.25, 0.3) is 0 Å². The molecule has 0 bridgehead atoms. The van der Waals surface area contributed by atoms with Gasteiger partial charge >= 0.3 is 0 Å². The first-order chi connectivity index (χ1) is 14.7. The normalized spacial score (nSPS) is 19.8. The Balaban J connectivity index is 1.61. The van der Waals surface area contributed by atoms with E-state index in [-0.39, 0.29) is 42.8 Å². The summed E-state index contributed by atoms with van der Waals surface area (Å²) in [5, 5.41) is 0. The molecule has 0 unspecified atom stereocenters.